The van der Waals surface area contributed by atoms with E-state index in [-0.39, 0.29) is 6.10 Å². The highest BCUT2D eigenvalue weighted by atomic mass is 16.3. The monoisotopic (exact) mass is 283 g/mol. The number of hydrogen-bond donors (Lipinski definition) is 1. The van der Waals surface area contributed by atoms with Crippen LogP contribution >= 0.6 is 0 Å². The fraction of sp³-hybridized carbons (Fsp3) is 0.412. The summed E-state index contributed by atoms with van der Waals surface area (Å²) in [6.07, 6.45) is 5.94. The number of β-amino-alcohol motifs (C(OH)–C–C–N with tert-alkyl or cyclic N) is 1. The number of aliphatic hydroxyl groups excluding tert-OH is 1. The van der Waals surface area contributed by atoms with Gasteiger partial charge in [-0.1, -0.05) is 18.2 Å². The van der Waals surface area contributed by atoms with Gasteiger partial charge in [0.2, 0.25) is 0 Å². The summed E-state index contributed by atoms with van der Waals surface area (Å²) in [7, 11) is 0. The van der Waals surface area contributed by atoms with Gasteiger partial charge in [-0.25, -0.2) is 9.97 Å². The first kappa shape index (κ1) is 14.2. The number of fused-ring (bicyclic) bond motifs is 1. The van der Waals surface area contributed by atoms with E-state index in [1.54, 1.807) is 0 Å². The summed E-state index contributed by atoms with van der Waals surface area (Å²) >= 11 is 0. The van der Waals surface area contributed by atoms with Gasteiger partial charge in [-0.05, 0) is 38.0 Å². The summed E-state index contributed by atoms with van der Waals surface area (Å²) in [5, 5.41) is 9.49. The third kappa shape index (κ3) is 3.46. The van der Waals surface area contributed by atoms with Crippen molar-refractivity contribution in [3.8, 4) is 0 Å². The molecule has 4 heteroatoms. The van der Waals surface area contributed by atoms with Crippen LogP contribution in [0.1, 0.15) is 24.2 Å². The largest absolute Gasteiger partial charge is 0.392 e. The summed E-state index contributed by atoms with van der Waals surface area (Å²) < 4.78 is 0. The van der Waals surface area contributed by atoms with Crippen LogP contribution in [0.4, 0.5) is 0 Å². The van der Waals surface area contributed by atoms with E-state index < -0.39 is 0 Å². The lowest BCUT2D eigenvalue weighted by atomic mass is 10.2. The van der Waals surface area contributed by atoms with E-state index in [9.17, 15) is 5.11 Å². The average Bonchev–Trinajstić information content (AvgIpc) is 2.89. The summed E-state index contributed by atoms with van der Waals surface area (Å²) in [4.78, 5) is 11.5. The van der Waals surface area contributed by atoms with E-state index >= 15 is 0 Å². The standard InChI is InChI=1S/C17H21N3O/c1-13-15(19-17-8-3-2-7-16(17)18-13)6-4-5-10-20-11-9-14(21)12-20/h2-4,6-8,14,21H,5,9-12H2,1H3/b6-4+. The highest BCUT2D eigenvalue weighted by Gasteiger charge is 2.18. The van der Waals surface area contributed by atoms with Crippen LogP contribution in [0.25, 0.3) is 17.1 Å². The van der Waals surface area contributed by atoms with Gasteiger partial charge in [0.25, 0.3) is 0 Å². The lowest BCUT2D eigenvalue weighted by Gasteiger charge is -2.12. The lowest BCUT2D eigenvalue weighted by molar-refractivity contribution is 0.177. The fourth-order valence-corrected chi connectivity index (χ4v) is 2.73. The van der Waals surface area contributed by atoms with E-state index in [0.29, 0.717) is 0 Å². The molecule has 1 N–H and O–H groups in total. The number of nitrogens with zero attached hydrogens (tertiary/aromatic N) is 3. The van der Waals surface area contributed by atoms with Crippen molar-refractivity contribution in [3.63, 3.8) is 0 Å². The molecule has 1 aliphatic rings. The van der Waals surface area contributed by atoms with Crippen molar-refractivity contribution < 1.29 is 5.11 Å². The summed E-state index contributed by atoms with van der Waals surface area (Å²) in [5.74, 6) is 0. The average molecular weight is 283 g/mol. The number of rotatable bonds is 4. The van der Waals surface area contributed by atoms with Crippen molar-refractivity contribution >= 4 is 17.1 Å². The maximum atomic E-state index is 9.49. The van der Waals surface area contributed by atoms with E-state index in [4.69, 9.17) is 0 Å². The van der Waals surface area contributed by atoms with Crippen LogP contribution in [0.3, 0.4) is 0 Å². The van der Waals surface area contributed by atoms with Gasteiger partial charge in [0, 0.05) is 19.6 Å². The molecule has 1 unspecified atom stereocenters. The Balaban J connectivity index is 1.64. The highest BCUT2D eigenvalue weighted by molar-refractivity contribution is 5.75. The maximum Gasteiger partial charge on any atom is 0.0894 e. The van der Waals surface area contributed by atoms with E-state index in [1.165, 1.54) is 0 Å². The normalized spacial score (nSPS) is 19.8. The van der Waals surface area contributed by atoms with Gasteiger partial charge in [0.15, 0.2) is 0 Å². The molecule has 4 nitrogen and oxygen atoms in total. The molecule has 1 aromatic carbocycles. The molecular weight excluding hydrogens is 262 g/mol. The maximum absolute atomic E-state index is 9.49. The van der Waals surface area contributed by atoms with Gasteiger partial charge in [0.05, 0.1) is 28.5 Å². The Morgan fingerprint density at radius 3 is 2.76 bits per heavy atom. The van der Waals surface area contributed by atoms with Crippen molar-refractivity contribution in [1.29, 1.82) is 0 Å². The lowest BCUT2D eigenvalue weighted by Crippen LogP contribution is -2.22. The zero-order chi connectivity index (χ0) is 14.7. The number of aliphatic hydroxyl groups is 1. The zero-order valence-electron chi connectivity index (χ0n) is 12.4. The molecule has 1 aliphatic heterocycles. The first-order valence-corrected chi connectivity index (χ1v) is 7.53. The van der Waals surface area contributed by atoms with E-state index in [1.807, 2.05) is 31.2 Å². The second-order valence-electron chi connectivity index (χ2n) is 5.62. The molecule has 3 rings (SSSR count). The molecule has 0 spiro atoms. The first-order chi connectivity index (χ1) is 10.2. The Morgan fingerprint density at radius 2 is 2.05 bits per heavy atom. The minimum atomic E-state index is -0.137. The van der Waals surface area contributed by atoms with Crippen molar-refractivity contribution in [1.82, 2.24) is 14.9 Å². The first-order valence-electron chi connectivity index (χ1n) is 7.53. The Morgan fingerprint density at radius 1 is 1.29 bits per heavy atom. The molecule has 1 fully saturated rings. The van der Waals surface area contributed by atoms with Gasteiger partial charge in [-0.15, -0.1) is 0 Å². The van der Waals surface area contributed by atoms with Gasteiger partial charge in [0.1, 0.15) is 0 Å². The van der Waals surface area contributed by atoms with Crippen LogP contribution < -0.4 is 0 Å². The second kappa shape index (κ2) is 6.33. The Labute approximate surface area is 125 Å². The minimum Gasteiger partial charge on any atom is -0.392 e. The van der Waals surface area contributed by atoms with Crippen molar-refractivity contribution in [2.75, 3.05) is 19.6 Å². The smallest absolute Gasteiger partial charge is 0.0894 e. The molecule has 1 saturated heterocycles. The molecule has 1 aromatic heterocycles. The predicted molar refractivity (Wildman–Crippen MR) is 85.0 cm³/mol. The highest BCUT2D eigenvalue weighted by Crippen LogP contribution is 2.14. The van der Waals surface area contributed by atoms with Gasteiger partial charge in [-0.3, -0.25) is 0 Å². The Kier molecular flexibility index (Phi) is 4.27. The van der Waals surface area contributed by atoms with Crippen molar-refractivity contribution in [2.45, 2.75) is 25.9 Å². The molecular formula is C17H21N3O. The summed E-state index contributed by atoms with van der Waals surface area (Å²) in [6, 6.07) is 7.95. The Bertz CT molecular complexity index is 654. The number of aromatic nitrogens is 2. The minimum absolute atomic E-state index is 0.137. The molecule has 0 aliphatic carbocycles. The van der Waals surface area contributed by atoms with E-state index in [2.05, 4.69) is 27.0 Å². The van der Waals surface area contributed by atoms with Gasteiger partial charge in [-0.2, -0.15) is 0 Å². The second-order valence-corrected chi connectivity index (χ2v) is 5.62. The summed E-state index contributed by atoms with van der Waals surface area (Å²) in [6.45, 7) is 4.80. The molecule has 1 atom stereocenters. The molecule has 110 valence electrons. The molecule has 0 amide bonds. The molecule has 21 heavy (non-hydrogen) atoms. The van der Waals surface area contributed by atoms with Crippen molar-refractivity contribution in [3.05, 3.63) is 41.7 Å². The SMILES string of the molecule is Cc1nc2ccccc2nc1/C=C/CCN1CCC(O)C1. The number of aryl methyl sites for hydroxylation is 1. The zero-order valence-corrected chi connectivity index (χ0v) is 12.4. The van der Waals surface area contributed by atoms with E-state index in [0.717, 1.165) is 54.9 Å². The van der Waals surface area contributed by atoms with Crippen LogP contribution in [0.5, 0.6) is 0 Å². The van der Waals surface area contributed by atoms with Crippen LogP contribution in [-0.4, -0.2) is 45.7 Å². The molecule has 2 heterocycles. The molecule has 0 bridgehead atoms. The topological polar surface area (TPSA) is 49.2 Å². The van der Waals surface area contributed by atoms with Crippen LogP contribution in [0.15, 0.2) is 30.3 Å². The van der Waals surface area contributed by atoms with Crippen LogP contribution in [0.2, 0.25) is 0 Å². The molecule has 0 radical (unpaired) electrons. The van der Waals surface area contributed by atoms with Crippen molar-refractivity contribution in [2.24, 2.45) is 0 Å². The number of likely N-dealkylation sites (tertiary alicyclic amines) is 1. The number of hydrogen-bond acceptors (Lipinski definition) is 4. The van der Waals surface area contributed by atoms with Gasteiger partial charge >= 0.3 is 0 Å². The molecule has 0 saturated carbocycles. The predicted octanol–water partition coefficient (Wildman–Crippen LogP) is 2.41. The quantitative estimate of drug-likeness (QED) is 0.936. The number of para-hydroxylation sites is 2. The summed E-state index contributed by atoms with van der Waals surface area (Å²) in [5.41, 5.74) is 3.78. The fourth-order valence-electron chi connectivity index (χ4n) is 2.73. The van der Waals surface area contributed by atoms with Gasteiger partial charge < -0.3 is 10.0 Å². The van der Waals surface area contributed by atoms with Crippen LogP contribution in [-0.2, 0) is 0 Å². The third-order valence-corrected chi connectivity index (χ3v) is 3.92. The van der Waals surface area contributed by atoms with Crippen LogP contribution in [0, 0.1) is 6.92 Å². The Hall–Kier alpha value is -1.78. The number of benzene rings is 1. The third-order valence-electron chi connectivity index (χ3n) is 3.92. The molecule has 2 aromatic rings.